The average molecular weight is 297 g/mol. The molecule has 3 heterocycles. The van der Waals surface area contributed by atoms with Crippen LogP contribution in [-0.4, -0.2) is 54.3 Å². The molecule has 0 aliphatic carbocycles. The first-order valence-corrected chi connectivity index (χ1v) is 6.43. The maximum atomic E-state index is 15.1. The molecule has 0 bridgehead atoms. The Morgan fingerprint density at radius 1 is 1.48 bits per heavy atom. The molecule has 4 atom stereocenters. The van der Waals surface area contributed by atoms with Gasteiger partial charge in [0.1, 0.15) is 24.1 Å². The van der Waals surface area contributed by atoms with Crippen LogP contribution in [0.1, 0.15) is 19.5 Å². The second-order valence-electron chi connectivity index (χ2n) is 5.42. The van der Waals surface area contributed by atoms with Crippen LogP contribution in [0.25, 0.3) is 5.65 Å². The largest absolute Gasteiger partial charge is 0.394 e. The Bertz CT molecular complexity index is 691. The van der Waals surface area contributed by atoms with Crippen LogP contribution in [0.4, 0.5) is 10.2 Å². The van der Waals surface area contributed by atoms with Crippen molar-refractivity contribution in [1.29, 1.82) is 0 Å². The number of rotatable bonds is 2. The lowest BCUT2D eigenvalue weighted by atomic mass is 9.82. The van der Waals surface area contributed by atoms with Crippen molar-refractivity contribution in [1.82, 2.24) is 19.6 Å². The molecule has 4 N–H and O–H groups in total. The van der Waals surface area contributed by atoms with E-state index in [9.17, 15) is 10.2 Å². The van der Waals surface area contributed by atoms with Crippen molar-refractivity contribution in [3.63, 3.8) is 0 Å². The second kappa shape index (κ2) is 4.33. The summed E-state index contributed by atoms with van der Waals surface area (Å²) in [6.07, 6.45) is 0.0958. The van der Waals surface area contributed by atoms with E-state index in [1.54, 1.807) is 0 Å². The first-order chi connectivity index (χ1) is 9.83. The number of alkyl halides is 1. The molecule has 1 fully saturated rings. The van der Waals surface area contributed by atoms with Gasteiger partial charge in [-0.2, -0.15) is 5.10 Å². The highest BCUT2D eigenvalue weighted by molar-refractivity contribution is 5.59. The van der Waals surface area contributed by atoms with E-state index in [2.05, 4.69) is 15.1 Å². The molecule has 0 radical (unpaired) electrons. The van der Waals surface area contributed by atoms with Gasteiger partial charge >= 0.3 is 0 Å². The molecule has 3 rings (SSSR count). The molecule has 0 aromatic carbocycles. The number of halogens is 1. The van der Waals surface area contributed by atoms with Gasteiger partial charge in [-0.1, -0.05) is 0 Å². The number of ether oxygens (including phenoxy) is 1. The van der Waals surface area contributed by atoms with Gasteiger partial charge in [0.2, 0.25) is 0 Å². The minimum absolute atomic E-state index is 0.151. The highest BCUT2D eigenvalue weighted by Gasteiger charge is 2.63. The molecule has 1 aliphatic heterocycles. The lowest BCUT2D eigenvalue weighted by molar-refractivity contribution is -0.0991. The average Bonchev–Trinajstić information content (AvgIpc) is 2.95. The minimum atomic E-state index is -2.14. The van der Waals surface area contributed by atoms with Crippen LogP contribution in [0, 0.1) is 0 Å². The summed E-state index contributed by atoms with van der Waals surface area (Å²) in [5.41, 5.74) is 2.57. The summed E-state index contributed by atoms with van der Waals surface area (Å²) in [6.45, 7) is 2.20. The number of aliphatic hydroxyl groups excluding tert-OH is 2. The first-order valence-electron chi connectivity index (χ1n) is 6.43. The van der Waals surface area contributed by atoms with Crippen molar-refractivity contribution < 1.29 is 19.3 Å². The van der Waals surface area contributed by atoms with Gasteiger partial charge in [0.25, 0.3) is 0 Å². The van der Waals surface area contributed by atoms with E-state index in [-0.39, 0.29) is 17.2 Å². The van der Waals surface area contributed by atoms with Gasteiger partial charge in [-0.3, -0.25) is 0 Å². The smallest absolute Gasteiger partial charge is 0.196 e. The fourth-order valence-electron chi connectivity index (χ4n) is 2.72. The minimum Gasteiger partial charge on any atom is -0.394 e. The van der Waals surface area contributed by atoms with Gasteiger partial charge in [-0.15, -0.1) is 0 Å². The number of aliphatic hydroxyl groups is 2. The Morgan fingerprint density at radius 2 is 2.19 bits per heavy atom. The predicted octanol–water partition coefficient (Wildman–Crippen LogP) is -0.598. The van der Waals surface area contributed by atoms with Gasteiger partial charge < -0.3 is 20.7 Å². The number of nitrogens with zero attached hydrogens (tertiary/aromatic N) is 4. The van der Waals surface area contributed by atoms with Crippen molar-refractivity contribution in [3.05, 3.63) is 18.2 Å². The SMILES string of the molecule is C[C@@]1(c2cnc3c(N)ncnn23)O[C@H](CO)[C@@H](O)[C@@]1(C)F. The molecule has 1 aliphatic rings. The topological polar surface area (TPSA) is 119 Å². The molecule has 1 saturated heterocycles. The third-order valence-corrected chi connectivity index (χ3v) is 4.23. The van der Waals surface area contributed by atoms with Crippen LogP contribution in [0.2, 0.25) is 0 Å². The molecular formula is C12H16FN5O3. The summed E-state index contributed by atoms with van der Waals surface area (Å²) in [6, 6.07) is 0. The van der Waals surface area contributed by atoms with Crippen LogP contribution in [-0.2, 0) is 10.3 Å². The van der Waals surface area contributed by atoms with E-state index in [0.717, 1.165) is 0 Å². The summed E-state index contributed by atoms with van der Waals surface area (Å²) in [5.74, 6) is 0.151. The van der Waals surface area contributed by atoms with Crippen LogP contribution in [0.5, 0.6) is 0 Å². The number of aromatic nitrogens is 4. The number of hydrogen-bond acceptors (Lipinski definition) is 7. The normalized spacial score (nSPS) is 36.4. The van der Waals surface area contributed by atoms with E-state index >= 15 is 4.39 Å². The van der Waals surface area contributed by atoms with E-state index in [1.807, 2.05) is 0 Å². The standard InChI is InChI=1S/C12H16FN5O3/c1-11(13)8(20)6(4-19)21-12(11,2)7-3-15-10-9(14)16-5-17-18(7)10/h3,5-6,8,19-20H,4H2,1-2H3,(H2,14,16,17)/t6-,8-,11-,12+/m1/s1. The van der Waals surface area contributed by atoms with E-state index in [0.29, 0.717) is 0 Å². The third kappa shape index (κ3) is 1.68. The summed E-state index contributed by atoms with van der Waals surface area (Å²) in [5, 5.41) is 23.3. The number of anilines is 1. The van der Waals surface area contributed by atoms with Crippen molar-refractivity contribution in [2.75, 3.05) is 12.3 Å². The summed E-state index contributed by atoms with van der Waals surface area (Å²) >= 11 is 0. The van der Waals surface area contributed by atoms with Crippen molar-refractivity contribution in [3.8, 4) is 0 Å². The van der Waals surface area contributed by atoms with Gasteiger partial charge in [-0.25, -0.2) is 18.9 Å². The molecule has 2 aromatic rings. The van der Waals surface area contributed by atoms with Crippen LogP contribution >= 0.6 is 0 Å². The number of nitrogen functional groups attached to an aromatic ring is 1. The molecular weight excluding hydrogens is 281 g/mol. The number of hydrogen-bond donors (Lipinski definition) is 3. The maximum Gasteiger partial charge on any atom is 0.196 e. The fraction of sp³-hybridized carbons (Fsp3) is 0.583. The Morgan fingerprint density at radius 3 is 2.81 bits per heavy atom. The first kappa shape index (κ1) is 14.1. The summed E-state index contributed by atoms with van der Waals surface area (Å²) in [4.78, 5) is 7.88. The van der Waals surface area contributed by atoms with Crippen LogP contribution in [0.3, 0.4) is 0 Å². The van der Waals surface area contributed by atoms with Crippen LogP contribution in [0.15, 0.2) is 12.5 Å². The molecule has 0 amide bonds. The van der Waals surface area contributed by atoms with Crippen molar-refractivity contribution in [2.24, 2.45) is 0 Å². The summed E-state index contributed by atoms with van der Waals surface area (Å²) in [7, 11) is 0. The fourth-order valence-corrected chi connectivity index (χ4v) is 2.72. The molecule has 0 unspecified atom stereocenters. The van der Waals surface area contributed by atoms with E-state index in [4.69, 9.17) is 10.5 Å². The third-order valence-electron chi connectivity index (χ3n) is 4.23. The van der Waals surface area contributed by atoms with Crippen molar-refractivity contribution in [2.45, 2.75) is 37.3 Å². The lowest BCUT2D eigenvalue weighted by Crippen LogP contribution is -2.47. The Balaban J connectivity index is 2.19. The van der Waals surface area contributed by atoms with Gasteiger partial charge in [-0.05, 0) is 13.8 Å². The summed E-state index contributed by atoms with van der Waals surface area (Å²) < 4.78 is 22.0. The highest BCUT2D eigenvalue weighted by atomic mass is 19.1. The second-order valence-corrected chi connectivity index (χ2v) is 5.42. The number of nitrogens with two attached hydrogens (primary N) is 1. The Kier molecular flexibility index (Phi) is 2.91. The molecule has 9 heteroatoms. The number of imidazole rings is 1. The van der Waals surface area contributed by atoms with Gasteiger partial charge in [0.15, 0.2) is 17.1 Å². The predicted molar refractivity (Wildman–Crippen MR) is 70.0 cm³/mol. The maximum absolute atomic E-state index is 15.1. The van der Waals surface area contributed by atoms with E-state index in [1.165, 1.54) is 30.9 Å². The molecule has 0 saturated carbocycles. The van der Waals surface area contributed by atoms with Gasteiger partial charge in [0.05, 0.1) is 18.5 Å². The highest BCUT2D eigenvalue weighted by Crippen LogP contribution is 2.49. The van der Waals surface area contributed by atoms with E-state index < -0.39 is 30.1 Å². The molecule has 21 heavy (non-hydrogen) atoms. The zero-order valence-electron chi connectivity index (χ0n) is 11.6. The molecule has 114 valence electrons. The zero-order chi connectivity index (χ0) is 15.4. The zero-order valence-corrected chi connectivity index (χ0v) is 11.6. The molecule has 0 spiro atoms. The lowest BCUT2D eigenvalue weighted by Gasteiger charge is -2.33. The van der Waals surface area contributed by atoms with Crippen LogP contribution < -0.4 is 5.73 Å². The molecule has 2 aromatic heterocycles. The quantitative estimate of drug-likeness (QED) is 0.677. The number of fused-ring (bicyclic) bond motifs is 1. The molecule has 8 nitrogen and oxygen atoms in total. The monoisotopic (exact) mass is 297 g/mol. The van der Waals surface area contributed by atoms with Crippen molar-refractivity contribution >= 4 is 11.5 Å². The Labute approximate surface area is 119 Å². The Hall–Kier alpha value is -1.84. The van der Waals surface area contributed by atoms with Gasteiger partial charge in [0, 0.05) is 0 Å².